The van der Waals surface area contributed by atoms with Crippen LogP contribution in [0.4, 0.5) is 5.69 Å². The Morgan fingerprint density at radius 1 is 0.967 bits per heavy atom. The number of ketones is 1. The fourth-order valence-corrected chi connectivity index (χ4v) is 6.18. The van der Waals surface area contributed by atoms with Gasteiger partial charge < -0.3 is 9.69 Å². The number of anilines is 1. The third-order valence-corrected chi connectivity index (χ3v) is 8.55. The van der Waals surface area contributed by atoms with Crippen molar-refractivity contribution in [3.8, 4) is 0 Å². The first-order chi connectivity index (χ1) is 14.2. The summed E-state index contributed by atoms with van der Waals surface area (Å²) < 4.78 is 28.0. The Morgan fingerprint density at radius 2 is 1.67 bits per heavy atom. The normalized spacial score (nSPS) is 19.7. The van der Waals surface area contributed by atoms with Crippen molar-refractivity contribution < 1.29 is 13.2 Å². The number of nitrogens with zero attached hydrogens (tertiary/aromatic N) is 2. The van der Waals surface area contributed by atoms with Crippen LogP contribution in [0.15, 0.2) is 41.3 Å². The molecule has 1 heterocycles. The van der Waals surface area contributed by atoms with E-state index in [1.807, 2.05) is 18.2 Å². The van der Waals surface area contributed by atoms with Crippen LogP contribution in [-0.4, -0.2) is 44.7 Å². The lowest BCUT2D eigenvalue weighted by Crippen LogP contribution is -2.48. The van der Waals surface area contributed by atoms with Crippen LogP contribution < -0.4 is 4.90 Å². The molecule has 1 aliphatic carbocycles. The number of carbonyl (C=O) groups excluding carboxylic acids is 1. The van der Waals surface area contributed by atoms with Gasteiger partial charge in [0.25, 0.3) is 0 Å². The first-order valence-electron chi connectivity index (χ1n) is 10.1. The van der Waals surface area contributed by atoms with Gasteiger partial charge in [0.05, 0.1) is 14.9 Å². The van der Waals surface area contributed by atoms with E-state index in [4.69, 9.17) is 23.2 Å². The molecule has 4 rings (SSSR count). The number of hydrogen-bond donors (Lipinski definition) is 0. The molecule has 0 spiro atoms. The van der Waals surface area contributed by atoms with E-state index in [9.17, 15) is 13.2 Å². The first kappa shape index (κ1) is 21.6. The number of rotatable bonds is 5. The molecular weight excluding hydrogens is 443 g/mol. The Morgan fingerprint density at radius 3 is 2.33 bits per heavy atom. The summed E-state index contributed by atoms with van der Waals surface area (Å²) in [4.78, 5) is 13.9. The highest BCUT2D eigenvalue weighted by Gasteiger charge is 2.31. The van der Waals surface area contributed by atoms with Gasteiger partial charge in [-0.05, 0) is 67.1 Å². The van der Waals surface area contributed by atoms with Crippen LogP contribution in [0.3, 0.4) is 0 Å². The number of carbonyl (C=O) groups is 1. The molecule has 8 heteroatoms. The summed E-state index contributed by atoms with van der Waals surface area (Å²) in [7, 11) is -3.55. The molecule has 2 aliphatic rings. The number of sulfonamides is 1. The lowest BCUT2D eigenvalue weighted by atomic mass is 10.0. The summed E-state index contributed by atoms with van der Waals surface area (Å²) >= 11 is 12.1. The zero-order valence-corrected chi connectivity index (χ0v) is 19.1. The van der Waals surface area contributed by atoms with Crippen LogP contribution in [0.1, 0.15) is 24.5 Å². The average Bonchev–Trinajstić information content (AvgIpc) is 3.10. The summed E-state index contributed by atoms with van der Waals surface area (Å²) in [5.74, 6) is 0.464. The molecule has 0 aromatic heterocycles. The average molecular weight is 467 g/mol. The second-order valence-corrected chi connectivity index (χ2v) is 10.9. The van der Waals surface area contributed by atoms with Crippen molar-refractivity contribution in [2.75, 3.05) is 31.1 Å². The van der Waals surface area contributed by atoms with E-state index in [0.717, 1.165) is 29.7 Å². The molecule has 0 saturated carbocycles. The van der Waals surface area contributed by atoms with Gasteiger partial charge in [-0.25, -0.2) is 8.42 Å². The maximum Gasteiger partial charge on any atom is 0.243 e. The van der Waals surface area contributed by atoms with Gasteiger partial charge in [-0.2, -0.15) is 4.31 Å². The number of benzene rings is 2. The standard InChI is InChI=1S/C22H24Cl2N2O3S/c1-15(27)10-16-11-17-2-4-20(13-18(17)12-16)30(28,29)26-8-6-25(7-9-26)19-3-5-21(23)22(24)14-19/h2-5,13-14,16H,6-12H2,1H3. The number of halogens is 2. The molecule has 1 saturated heterocycles. The Balaban J connectivity index is 1.45. The highest BCUT2D eigenvalue weighted by Crippen LogP contribution is 2.32. The highest BCUT2D eigenvalue weighted by molar-refractivity contribution is 7.89. The minimum Gasteiger partial charge on any atom is -0.369 e. The van der Waals surface area contributed by atoms with Crippen molar-refractivity contribution >= 4 is 44.7 Å². The molecular formula is C22H24Cl2N2O3S. The van der Waals surface area contributed by atoms with Gasteiger partial charge in [-0.3, -0.25) is 0 Å². The fourth-order valence-electron chi connectivity index (χ4n) is 4.41. The minimum absolute atomic E-state index is 0.181. The van der Waals surface area contributed by atoms with Crippen molar-refractivity contribution in [3.05, 3.63) is 57.6 Å². The molecule has 1 aliphatic heterocycles. The van der Waals surface area contributed by atoms with E-state index >= 15 is 0 Å². The predicted octanol–water partition coefficient (Wildman–Crippen LogP) is 4.20. The Kier molecular flexibility index (Phi) is 6.13. The molecule has 1 fully saturated rings. The topological polar surface area (TPSA) is 57.7 Å². The summed E-state index contributed by atoms with van der Waals surface area (Å²) in [6.07, 6.45) is 2.16. The molecule has 5 nitrogen and oxygen atoms in total. The molecule has 30 heavy (non-hydrogen) atoms. The summed E-state index contributed by atoms with van der Waals surface area (Å²) in [5, 5.41) is 0.995. The van der Waals surface area contributed by atoms with Crippen LogP contribution in [0.5, 0.6) is 0 Å². The Labute approximate surface area is 187 Å². The highest BCUT2D eigenvalue weighted by atomic mass is 35.5. The van der Waals surface area contributed by atoms with Gasteiger partial charge >= 0.3 is 0 Å². The molecule has 0 N–H and O–H groups in total. The van der Waals surface area contributed by atoms with E-state index in [1.165, 1.54) is 0 Å². The second kappa shape index (κ2) is 8.50. The van der Waals surface area contributed by atoms with E-state index in [-0.39, 0.29) is 11.7 Å². The molecule has 0 bridgehead atoms. The summed E-state index contributed by atoms with van der Waals surface area (Å²) in [6, 6.07) is 10.9. The molecule has 1 atom stereocenters. The Hall–Kier alpha value is -1.60. The van der Waals surface area contributed by atoms with Crippen molar-refractivity contribution in [1.82, 2.24) is 4.31 Å². The van der Waals surface area contributed by atoms with Crippen LogP contribution in [0.2, 0.25) is 10.0 Å². The van der Waals surface area contributed by atoms with Crippen molar-refractivity contribution in [1.29, 1.82) is 0 Å². The lowest BCUT2D eigenvalue weighted by molar-refractivity contribution is -0.117. The first-order valence-corrected chi connectivity index (χ1v) is 12.2. The zero-order valence-electron chi connectivity index (χ0n) is 16.8. The van der Waals surface area contributed by atoms with Crippen LogP contribution >= 0.6 is 23.2 Å². The van der Waals surface area contributed by atoms with Crippen LogP contribution in [0.25, 0.3) is 0 Å². The maximum absolute atomic E-state index is 13.2. The molecule has 1 unspecified atom stereocenters. The number of fused-ring (bicyclic) bond motifs is 1. The van der Waals surface area contributed by atoms with Gasteiger partial charge in [-0.1, -0.05) is 29.3 Å². The van der Waals surface area contributed by atoms with E-state index in [1.54, 1.807) is 29.4 Å². The van der Waals surface area contributed by atoms with Gasteiger partial charge in [-0.15, -0.1) is 0 Å². The summed E-state index contributed by atoms with van der Waals surface area (Å²) in [6.45, 7) is 3.60. The fraction of sp³-hybridized carbons (Fsp3) is 0.409. The zero-order chi connectivity index (χ0) is 21.5. The van der Waals surface area contributed by atoms with E-state index in [0.29, 0.717) is 47.5 Å². The molecule has 2 aromatic carbocycles. The van der Waals surface area contributed by atoms with Gasteiger partial charge in [0.15, 0.2) is 0 Å². The smallest absolute Gasteiger partial charge is 0.243 e. The Bertz CT molecular complexity index is 1080. The van der Waals surface area contributed by atoms with Gasteiger partial charge in [0, 0.05) is 38.3 Å². The number of Topliss-reactive ketones (excluding diaryl/α,β-unsaturated/α-hetero) is 1. The monoisotopic (exact) mass is 466 g/mol. The van der Waals surface area contributed by atoms with Crippen LogP contribution in [0, 0.1) is 5.92 Å². The number of hydrogen-bond acceptors (Lipinski definition) is 4. The minimum atomic E-state index is -3.55. The lowest BCUT2D eigenvalue weighted by Gasteiger charge is -2.35. The predicted molar refractivity (Wildman–Crippen MR) is 120 cm³/mol. The number of piperazine rings is 1. The van der Waals surface area contributed by atoms with Gasteiger partial charge in [0.2, 0.25) is 10.0 Å². The SMILES string of the molecule is CC(=O)CC1Cc2ccc(S(=O)(=O)N3CCN(c4ccc(Cl)c(Cl)c4)CC3)cc2C1. The van der Waals surface area contributed by atoms with Gasteiger partial charge in [0.1, 0.15) is 5.78 Å². The van der Waals surface area contributed by atoms with Crippen molar-refractivity contribution in [2.45, 2.75) is 31.1 Å². The van der Waals surface area contributed by atoms with E-state index < -0.39 is 10.0 Å². The largest absolute Gasteiger partial charge is 0.369 e. The molecule has 0 radical (unpaired) electrons. The molecule has 0 amide bonds. The molecule has 2 aromatic rings. The quantitative estimate of drug-likeness (QED) is 0.662. The van der Waals surface area contributed by atoms with E-state index in [2.05, 4.69) is 4.90 Å². The molecule has 160 valence electrons. The maximum atomic E-state index is 13.2. The second-order valence-electron chi connectivity index (χ2n) is 8.10. The van der Waals surface area contributed by atoms with Crippen molar-refractivity contribution in [3.63, 3.8) is 0 Å². The third-order valence-electron chi connectivity index (χ3n) is 5.92. The summed E-state index contributed by atoms with van der Waals surface area (Å²) in [5.41, 5.74) is 3.15. The third kappa shape index (κ3) is 4.37. The van der Waals surface area contributed by atoms with Crippen molar-refractivity contribution in [2.24, 2.45) is 5.92 Å². The van der Waals surface area contributed by atoms with Crippen LogP contribution in [-0.2, 0) is 27.7 Å².